The second kappa shape index (κ2) is 4.94. The summed E-state index contributed by atoms with van der Waals surface area (Å²) in [6.45, 7) is 3.95. The van der Waals surface area contributed by atoms with Gasteiger partial charge in [-0.05, 0) is 38.8 Å². The van der Waals surface area contributed by atoms with Crippen molar-refractivity contribution in [2.75, 3.05) is 26.3 Å². The van der Waals surface area contributed by atoms with Crippen LogP contribution in [0.4, 0.5) is 0 Å². The van der Waals surface area contributed by atoms with E-state index in [-0.39, 0.29) is 0 Å². The summed E-state index contributed by atoms with van der Waals surface area (Å²) in [5.41, 5.74) is 0. The van der Waals surface area contributed by atoms with Crippen molar-refractivity contribution in [3.63, 3.8) is 0 Å². The number of hydrogen-bond donors (Lipinski definition) is 1. The van der Waals surface area contributed by atoms with Crippen LogP contribution in [-0.4, -0.2) is 38.5 Å². The van der Waals surface area contributed by atoms with E-state index in [1.54, 1.807) is 0 Å². The molecule has 1 N–H and O–H groups in total. The van der Waals surface area contributed by atoms with E-state index in [0.29, 0.717) is 12.2 Å². The van der Waals surface area contributed by atoms with Gasteiger partial charge in [-0.25, -0.2) is 0 Å². The first-order valence-corrected chi connectivity index (χ1v) is 5.39. The molecule has 2 heterocycles. The monoisotopic (exact) mass is 185 g/mol. The van der Waals surface area contributed by atoms with Gasteiger partial charge in [0.05, 0.1) is 18.8 Å². The van der Waals surface area contributed by atoms with Gasteiger partial charge in [0.25, 0.3) is 0 Å². The lowest BCUT2D eigenvalue weighted by Crippen LogP contribution is -2.37. The van der Waals surface area contributed by atoms with Gasteiger partial charge in [-0.15, -0.1) is 0 Å². The molecule has 2 aliphatic rings. The molecule has 1 unspecified atom stereocenters. The van der Waals surface area contributed by atoms with E-state index < -0.39 is 0 Å². The quantitative estimate of drug-likeness (QED) is 0.694. The van der Waals surface area contributed by atoms with Gasteiger partial charge in [-0.2, -0.15) is 0 Å². The number of piperidine rings is 1. The van der Waals surface area contributed by atoms with Gasteiger partial charge in [-0.3, -0.25) is 0 Å². The van der Waals surface area contributed by atoms with Crippen LogP contribution in [0.25, 0.3) is 0 Å². The lowest BCUT2D eigenvalue weighted by atomic mass is 10.1. The minimum absolute atomic E-state index is 0.372. The lowest BCUT2D eigenvalue weighted by molar-refractivity contribution is -0.0906. The van der Waals surface area contributed by atoms with Crippen LogP contribution in [0, 0.1) is 0 Å². The SMILES string of the molecule is C1COCC(OC2CCNCC2)C1. The molecule has 0 aromatic rings. The third kappa shape index (κ3) is 2.93. The van der Waals surface area contributed by atoms with Crippen LogP contribution in [0.1, 0.15) is 25.7 Å². The second-order valence-corrected chi connectivity index (χ2v) is 3.92. The van der Waals surface area contributed by atoms with E-state index in [1.807, 2.05) is 0 Å². The molecule has 0 spiro atoms. The summed E-state index contributed by atoms with van der Waals surface area (Å²) in [7, 11) is 0. The molecule has 3 nitrogen and oxygen atoms in total. The third-order valence-corrected chi connectivity index (χ3v) is 2.79. The fourth-order valence-corrected chi connectivity index (χ4v) is 2.02. The van der Waals surface area contributed by atoms with Gasteiger partial charge in [0, 0.05) is 6.61 Å². The Morgan fingerprint density at radius 1 is 1.08 bits per heavy atom. The van der Waals surface area contributed by atoms with Crippen molar-refractivity contribution in [1.82, 2.24) is 5.32 Å². The van der Waals surface area contributed by atoms with Gasteiger partial charge in [0.1, 0.15) is 0 Å². The van der Waals surface area contributed by atoms with Gasteiger partial charge in [-0.1, -0.05) is 0 Å². The molecule has 0 bridgehead atoms. The first kappa shape index (κ1) is 9.44. The minimum atomic E-state index is 0.372. The number of ether oxygens (including phenoxy) is 2. The highest BCUT2D eigenvalue weighted by Crippen LogP contribution is 2.16. The van der Waals surface area contributed by atoms with Gasteiger partial charge in [0.15, 0.2) is 0 Å². The van der Waals surface area contributed by atoms with Crippen molar-refractivity contribution in [3.8, 4) is 0 Å². The maximum absolute atomic E-state index is 5.97. The van der Waals surface area contributed by atoms with E-state index in [1.165, 1.54) is 6.42 Å². The predicted octanol–water partition coefficient (Wildman–Crippen LogP) is 0.934. The van der Waals surface area contributed by atoms with Crippen LogP contribution in [0.2, 0.25) is 0 Å². The smallest absolute Gasteiger partial charge is 0.0813 e. The van der Waals surface area contributed by atoms with Crippen LogP contribution >= 0.6 is 0 Å². The molecule has 3 heteroatoms. The highest BCUT2D eigenvalue weighted by Gasteiger charge is 2.20. The van der Waals surface area contributed by atoms with Crippen LogP contribution in [0.3, 0.4) is 0 Å². The molecule has 76 valence electrons. The molecular weight excluding hydrogens is 166 g/mol. The molecule has 2 fully saturated rings. The Kier molecular flexibility index (Phi) is 3.58. The Morgan fingerprint density at radius 2 is 1.92 bits per heavy atom. The van der Waals surface area contributed by atoms with Crippen molar-refractivity contribution in [2.45, 2.75) is 37.9 Å². The molecular formula is C10H19NO2. The fourth-order valence-electron chi connectivity index (χ4n) is 2.02. The van der Waals surface area contributed by atoms with Crippen molar-refractivity contribution in [1.29, 1.82) is 0 Å². The topological polar surface area (TPSA) is 30.5 Å². The van der Waals surface area contributed by atoms with E-state index in [9.17, 15) is 0 Å². The summed E-state index contributed by atoms with van der Waals surface area (Å²) in [6, 6.07) is 0. The minimum Gasteiger partial charge on any atom is -0.379 e. The summed E-state index contributed by atoms with van der Waals surface area (Å²) in [5, 5.41) is 3.34. The third-order valence-electron chi connectivity index (χ3n) is 2.79. The highest BCUT2D eigenvalue weighted by atomic mass is 16.5. The standard InChI is InChI=1S/C10H19NO2/c1-2-10(8-12-7-1)13-9-3-5-11-6-4-9/h9-11H,1-8H2. The molecule has 0 amide bonds. The summed E-state index contributed by atoms with van der Waals surface area (Å²) in [6.07, 6.45) is 5.52. The van der Waals surface area contributed by atoms with E-state index in [0.717, 1.165) is 45.6 Å². The molecule has 0 saturated carbocycles. The average Bonchev–Trinajstić information content (AvgIpc) is 2.21. The number of rotatable bonds is 2. The highest BCUT2D eigenvalue weighted by molar-refractivity contribution is 4.71. The van der Waals surface area contributed by atoms with Gasteiger partial charge >= 0.3 is 0 Å². The predicted molar refractivity (Wildman–Crippen MR) is 50.8 cm³/mol. The molecule has 0 aliphatic carbocycles. The zero-order valence-corrected chi connectivity index (χ0v) is 8.13. The van der Waals surface area contributed by atoms with Crippen LogP contribution in [-0.2, 0) is 9.47 Å². The maximum Gasteiger partial charge on any atom is 0.0813 e. The largest absolute Gasteiger partial charge is 0.379 e. The molecule has 0 aromatic heterocycles. The van der Waals surface area contributed by atoms with Crippen LogP contribution < -0.4 is 5.32 Å². The zero-order chi connectivity index (χ0) is 8.93. The van der Waals surface area contributed by atoms with Crippen molar-refractivity contribution >= 4 is 0 Å². The molecule has 2 saturated heterocycles. The van der Waals surface area contributed by atoms with Crippen LogP contribution in [0.15, 0.2) is 0 Å². The number of nitrogens with one attached hydrogen (secondary N) is 1. The maximum atomic E-state index is 5.97. The van der Waals surface area contributed by atoms with Crippen molar-refractivity contribution in [2.24, 2.45) is 0 Å². The molecule has 2 aliphatic heterocycles. The molecule has 0 radical (unpaired) electrons. The normalized spacial score (nSPS) is 31.8. The lowest BCUT2D eigenvalue weighted by Gasteiger charge is -2.30. The molecule has 2 rings (SSSR count). The summed E-state index contributed by atoms with van der Waals surface area (Å²) >= 11 is 0. The fraction of sp³-hybridized carbons (Fsp3) is 1.00. The van der Waals surface area contributed by atoms with Crippen LogP contribution in [0.5, 0.6) is 0 Å². The Morgan fingerprint density at radius 3 is 2.62 bits per heavy atom. The van der Waals surface area contributed by atoms with Crippen molar-refractivity contribution in [3.05, 3.63) is 0 Å². The molecule has 0 aromatic carbocycles. The average molecular weight is 185 g/mol. The van der Waals surface area contributed by atoms with Gasteiger partial charge < -0.3 is 14.8 Å². The Labute approximate surface area is 79.8 Å². The summed E-state index contributed by atoms with van der Waals surface area (Å²) in [5.74, 6) is 0. The Bertz CT molecular complexity index is 124. The Balaban J connectivity index is 1.69. The Hall–Kier alpha value is -0.120. The summed E-state index contributed by atoms with van der Waals surface area (Å²) in [4.78, 5) is 0. The second-order valence-electron chi connectivity index (χ2n) is 3.92. The molecule has 13 heavy (non-hydrogen) atoms. The summed E-state index contributed by atoms with van der Waals surface area (Å²) < 4.78 is 11.4. The zero-order valence-electron chi connectivity index (χ0n) is 8.13. The van der Waals surface area contributed by atoms with E-state index in [2.05, 4.69) is 5.32 Å². The number of hydrogen-bond acceptors (Lipinski definition) is 3. The molecule has 1 atom stereocenters. The first-order chi connectivity index (χ1) is 6.45. The van der Waals surface area contributed by atoms with Gasteiger partial charge in [0.2, 0.25) is 0 Å². The first-order valence-electron chi connectivity index (χ1n) is 5.39. The van der Waals surface area contributed by atoms with E-state index >= 15 is 0 Å². The van der Waals surface area contributed by atoms with Crippen molar-refractivity contribution < 1.29 is 9.47 Å². The van der Waals surface area contributed by atoms with E-state index in [4.69, 9.17) is 9.47 Å².